The highest BCUT2D eigenvalue weighted by Gasteiger charge is 2.15. The number of carbonyl (C=O) groups excluding carboxylic acids is 1. The molecule has 0 aliphatic heterocycles. The van der Waals surface area contributed by atoms with Gasteiger partial charge in [-0.25, -0.2) is 8.42 Å². The molecule has 5 nitrogen and oxygen atoms in total. The number of sulfone groups is 1. The lowest BCUT2D eigenvalue weighted by Gasteiger charge is -2.08. The molecule has 0 aromatic heterocycles. The molecule has 0 heterocycles. The lowest BCUT2D eigenvalue weighted by molar-refractivity contribution is 0.0960. The molecule has 6 heteroatoms. The third kappa shape index (κ3) is 2.52. The molecule has 0 spiro atoms. The van der Waals surface area contributed by atoms with Gasteiger partial charge in [-0.2, -0.15) is 0 Å². The van der Waals surface area contributed by atoms with Crippen LogP contribution in [0.1, 0.15) is 10.4 Å². The highest BCUT2D eigenvalue weighted by atomic mass is 32.2. The van der Waals surface area contributed by atoms with Crippen LogP contribution in [0.2, 0.25) is 0 Å². The molecule has 1 amide bonds. The first-order valence-corrected chi connectivity index (χ1v) is 6.39. The van der Waals surface area contributed by atoms with Gasteiger partial charge in [0, 0.05) is 13.3 Å². The van der Waals surface area contributed by atoms with Gasteiger partial charge >= 0.3 is 0 Å². The molecule has 0 unspecified atom stereocenters. The summed E-state index contributed by atoms with van der Waals surface area (Å²) in [7, 11) is -0.442. The molecular weight excluding hydrogens is 230 g/mol. The van der Waals surface area contributed by atoms with Crippen molar-refractivity contribution in [2.75, 3.05) is 20.4 Å². The smallest absolute Gasteiger partial charge is 0.254 e. The van der Waals surface area contributed by atoms with Gasteiger partial charge in [0.25, 0.3) is 5.91 Å². The van der Waals surface area contributed by atoms with Gasteiger partial charge in [-0.3, -0.25) is 4.79 Å². The molecule has 16 heavy (non-hydrogen) atoms. The summed E-state index contributed by atoms with van der Waals surface area (Å²) < 4.78 is 27.6. The van der Waals surface area contributed by atoms with Gasteiger partial charge < -0.3 is 10.1 Å². The lowest BCUT2D eigenvalue weighted by atomic mass is 10.2. The van der Waals surface area contributed by atoms with Crippen LogP contribution in [0.15, 0.2) is 23.1 Å². The Bertz CT molecular complexity index is 508. The summed E-state index contributed by atoms with van der Waals surface area (Å²) in [4.78, 5) is 11.6. The number of methoxy groups -OCH3 is 1. The summed E-state index contributed by atoms with van der Waals surface area (Å²) in [5, 5.41) is 2.42. The Morgan fingerprint density at radius 1 is 1.38 bits per heavy atom. The third-order valence-electron chi connectivity index (χ3n) is 2.07. The molecular formula is C10H13NO4S. The molecule has 0 atom stereocenters. The quantitative estimate of drug-likeness (QED) is 0.837. The van der Waals surface area contributed by atoms with Crippen molar-refractivity contribution in [2.45, 2.75) is 4.90 Å². The summed E-state index contributed by atoms with van der Waals surface area (Å²) in [5.41, 5.74) is 0.202. The zero-order valence-corrected chi connectivity index (χ0v) is 10.1. The second-order valence-electron chi connectivity index (χ2n) is 3.21. The van der Waals surface area contributed by atoms with Crippen molar-refractivity contribution >= 4 is 15.7 Å². The minimum Gasteiger partial charge on any atom is -0.496 e. The Labute approximate surface area is 94.3 Å². The number of benzene rings is 1. The van der Waals surface area contributed by atoms with E-state index in [0.29, 0.717) is 5.75 Å². The van der Waals surface area contributed by atoms with E-state index < -0.39 is 9.84 Å². The molecule has 0 fully saturated rings. The molecule has 0 saturated carbocycles. The van der Waals surface area contributed by atoms with Gasteiger partial charge in [0.1, 0.15) is 5.75 Å². The Hall–Kier alpha value is -1.56. The minimum absolute atomic E-state index is 0.0897. The third-order valence-corrected chi connectivity index (χ3v) is 3.18. The Balaban J connectivity index is 3.38. The molecule has 0 bridgehead atoms. The number of nitrogens with one attached hydrogen (secondary N) is 1. The van der Waals surface area contributed by atoms with Crippen LogP contribution in [-0.2, 0) is 9.84 Å². The largest absolute Gasteiger partial charge is 0.496 e. The van der Waals surface area contributed by atoms with Gasteiger partial charge in [0.05, 0.1) is 17.6 Å². The van der Waals surface area contributed by atoms with E-state index in [1.165, 1.54) is 32.4 Å². The number of rotatable bonds is 3. The first kappa shape index (κ1) is 12.5. The van der Waals surface area contributed by atoms with Crippen LogP contribution >= 0.6 is 0 Å². The van der Waals surface area contributed by atoms with Crippen LogP contribution in [0.25, 0.3) is 0 Å². The Morgan fingerprint density at radius 2 is 2.00 bits per heavy atom. The average Bonchev–Trinajstić information content (AvgIpc) is 2.25. The van der Waals surface area contributed by atoms with Gasteiger partial charge in [0.2, 0.25) is 0 Å². The normalized spacial score (nSPS) is 10.9. The van der Waals surface area contributed by atoms with Crippen LogP contribution in [-0.4, -0.2) is 34.7 Å². The monoisotopic (exact) mass is 243 g/mol. The van der Waals surface area contributed by atoms with E-state index >= 15 is 0 Å². The van der Waals surface area contributed by atoms with Crippen LogP contribution < -0.4 is 10.1 Å². The molecule has 1 rings (SSSR count). The number of ether oxygens (including phenoxy) is 1. The zero-order chi connectivity index (χ0) is 12.3. The van der Waals surface area contributed by atoms with Crippen molar-refractivity contribution in [2.24, 2.45) is 0 Å². The predicted molar refractivity (Wildman–Crippen MR) is 59.5 cm³/mol. The second kappa shape index (κ2) is 4.52. The van der Waals surface area contributed by atoms with E-state index in [2.05, 4.69) is 5.32 Å². The maximum absolute atomic E-state index is 11.5. The van der Waals surface area contributed by atoms with E-state index in [-0.39, 0.29) is 16.4 Å². The first-order valence-electron chi connectivity index (χ1n) is 4.50. The minimum atomic E-state index is -3.33. The second-order valence-corrected chi connectivity index (χ2v) is 5.23. The van der Waals surface area contributed by atoms with Crippen LogP contribution in [0, 0.1) is 0 Å². The van der Waals surface area contributed by atoms with Gasteiger partial charge in [-0.15, -0.1) is 0 Å². The fourth-order valence-corrected chi connectivity index (χ4v) is 1.88. The number of hydrogen-bond donors (Lipinski definition) is 1. The van der Waals surface area contributed by atoms with E-state index in [1.807, 2.05) is 0 Å². The maximum atomic E-state index is 11.5. The number of hydrogen-bond acceptors (Lipinski definition) is 4. The highest BCUT2D eigenvalue weighted by Crippen LogP contribution is 2.22. The molecule has 1 aromatic rings. The fourth-order valence-electron chi connectivity index (χ4n) is 1.23. The molecule has 0 aliphatic carbocycles. The number of carbonyl (C=O) groups is 1. The van der Waals surface area contributed by atoms with Gasteiger partial charge in [-0.1, -0.05) is 0 Å². The zero-order valence-electron chi connectivity index (χ0n) is 9.27. The molecule has 1 aromatic carbocycles. The molecule has 1 N–H and O–H groups in total. The topological polar surface area (TPSA) is 72.5 Å². The van der Waals surface area contributed by atoms with Crippen LogP contribution in [0.3, 0.4) is 0 Å². The summed E-state index contributed by atoms with van der Waals surface area (Å²) in [5.74, 6) is -0.0471. The fraction of sp³-hybridized carbons (Fsp3) is 0.300. The summed E-state index contributed by atoms with van der Waals surface area (Å²) in [6, 6.07) is 4.16. The average molecular weight is 243 g/mol. The summed E-state index contributed by atoms with van der Waals surface area (Å²) in [6.07, 6.45) is 1.09. The summed E-state index contributed by atoms with van der Waals surface area (Å²) >= 11 is 0. The van der Waals surface area contributed by atoms with E-state index in [4.69, 9.17) is 4.74 Å². The van der Waals surface area contributed by atoms with E-state index in [9.17, 15) is 13.2 Å². The Kier molecular flexibility index (Phi) is 3.54. The van der Waals surface area contributed by atoms with Crippen molar-refractivity contribution in [3.05, 3.63) is 23.8 Å². The van der Waals surface area contributed by atoms with Crippen LogP contribution in [0.5, 0.6) is 5.75 Å². The molecule has 0 saturated heterocycles. The van der Waals surface area contributed by atoms with Crippen molar-refractivity contribution < 1.29 is 17.9 Å². The summed E-state index contributed by atoms with van der Waals surface area (Å²) in [6.45, 7) is 0. The van der Waals surface area contributed by atoms with Crippen molar-refractivity contribution in [3.63, 3.8) is 0 Å². The standard InChI is InChI=1S/C10H13NO4S/c1-11-10(12)8-6-7(16(3,13)14)4-5-9(8)15-2/h4-6H,1-3H3,(H,11,12). The Morgan fingerprint density at radius 3 is 2.44 bits per heavy atom. The highest BCUT2D eigenvalue weighted by molar-refractivity contribution is 7.90. The van der Waals surface area contributed by atoms with E-state index in [0.717, 1.165) is 6.26 Å². The van der Waals surface area contributed by atoms with Gasteiger partial charge in [0.15, 0.2) is 9.84 Å². The SMILES string of the molecule is CNC(=O)c1cc(S(C)(=O)=O)ccc1OC. The van der Waals surface area contributed by atoms with Gasteiger partial charge in [-0.05, 0) is 18.2 Å². The maximum Gasteiger partial charge on any atom is 0.254 e. The molecule has 0 aliphatic rings. The lowest BCUT2D eigenvalue weighted by Crippen LogP contribution is -2.19. The van der Waals surface area contributed by atoms with E-state index in [1.54, 1.807) is 0 Å². The molecule has 0 radical (unpaired) electrons. The number of amides is 1. The van der Waals surface area contributed by atoms with Crippen molar-refractivity contribution in [1.29, 1.82) is 0 Å². The first-order chi connectivity index (χ1) is 7.40. The van der Waals surface area contributed by atoms with Crippen molar-refractivity contribution in [3.8, 4) is 5.75 Å². The van der Waals surface area contributed by atoms with Crippen molar-refractivity contribution in [1.82, 2.24) is 5.32 Å². The predicted octanol–water partition coefficient (Wildman–Crippen LogP) is 0.458. The van der Waals surface area contributed by atoms with Crippen LogP contribution in [0.4, 0.5) is 0 Å². The molecule has 88 valence electrons.